The van der Waals surface area contributed by atoms with Crippen LogP contribution in [0.5, 0.6) is 0 Å². The van der Waals surface area contributed by atoms with E-state index < -0.39 is 11.7 Å². The van der Waals surface area contributed by atoms with Crippen molar-refractivity contribution in [1.29, 1.82) is 5.26 Å². The summed E-state index contributed by atoms with van der Waals surface area (Å²) in [4.78, 5) is 0. The number of halogens is 4. The zero-order valence-electron chi connectivity index (χ0n) is 8.74. The monoisotopic (exact) mass is 315 g/mol. The summed E-state index contributed by atoms with van der Waals surface area (Å²) in [6.07, 6.45) is -2.97. The summed E-state index contributed by atoms with van der Waals surface area (Å²) < 4.78 is 39.3. The normalized spacial score (nSPS) is 11.3. The molecule has 2 aromatic rings. The van der Waals surface area contributed by atoms with E-state index >= 15 is 0 Å². The van der Waals surface area contributed by atoms with Crippen molar-refractivity contribution in [2.75, 3.05) is 0 Å². The highest BCUT2D eigenvalue weighted by Gasteiger charge is 2.30. The Balaban J connectivity index is 2.48. The van der Waals surface area contributed by atoms with Crippen LogP contribution >= 0.6 is 15.9 Å². The maximum atomic E-state index is 12.5. The second-order valence-corrected chi connectivity index (χ2v) is 4.28. The minimum Gasteiger partial charge on any atom is -0.238 e. The van der Waals surface area contributed by atoms with Crippen LogP contribution in [0.2, 0.25) is 0 Å². The van der Waals surface area contributed by atoms with Gasteiger partial charge in [0.1, 0.15) is 6.07 Å². The van der Waals surface area contributed by atoms with Crippen LogP contribution in [0.1, 0.15) is 11.3 Å². The summed E-state index contributed by atoms with van der Waals surface area (Å²) in [5.74, 6) is 0. The largest absolute Gasteiger partial charge is 0.416 e. The van der Waals surface area contributed by atoms with Crippen LogP contribution < -0.4 is 0 Å². The number of rotatable bonds is 1. The SMILES string of the molecule is N#Cc1nn(-c2cccc(C(F)(F)F)c2)cc1Br. The van der Waals surface area contributed by atoms with E-state index in [1.54, 1.807) is 0 Å². The third-order valence-electron chi connectivity index (χ3n) is 2.21. The maximum Gasteiger partial charge on any atom is 0.416 e. The minimum absolute atomic E-state index is 0.118. The predicted molar refractivity (Wildman–Crippen MR) is 61.0 cm³/mol. The molecule has 0 aliphatic rings. The van der Waals surface area contributed by atoms with Crippen molar-refractivity contribution in [3.05, 3.63) is 46.2 Å². The molecule has 0 aliphatic carbocycles. The summed E-state index contributed by atoms with van der Waals surface area (Å²) in [5.41, 5.74) is -0.399. The lowest BCUT2D eigenvalue weighted by Crippen LogP contribution is -2.06. The van der Waals surface area contributed by atoms with E-state index in [0.717, 1.165) is 12.1 Å². The Kier molecular flexibility index (Phi) is 3.13. The molecular formula is C11H5BrF3N3. The second-order valence-electron chi connectivity index (χ2n) is 3.43. The van der Waals surface area contributed by atoms with Crippen molar-refractivity contribution < 1.29 is 13.2 Å². The Morgan fingerprint density at radius 3 is 2.61 bits per heavy atom. The lowest BCUT2D eigenvalue weighted by Gasteiger charge is -2.08. The second kappa shape index (κ2) is 4.46. The van der Waals surface area contributed by atoms with Crippen LogP contribution in [-0.2, 0) is 6.18 Å². The quantitative estimate of drug-likeness (QED) is 0.808. The Bertz CT molecular complexity index is 625. The van der Waals surface area contributed by atoms with E-state index in [2.05, 4.69) is 21.0 Å². The molecule has 0 amide bonds. The Morgan fingerprint density at radius 1 is 1.33 bits per heavy atom. The summed E-state index contributed by atoms with van der Waals surface area (Å²) in [6.45, 7) is 0. The molecule has 0 bridgehead atoms. The first kappa shape index (κ1) is 12.6. The number of nitrogens with zero attached hydrogens (tertiary/aromatic N) is 3. The van der Waals surface area contributed by atoms with Crippen molar-refractivity contribution in [2.24, 2.45) is 0 Å². The number of alkyl halides is 3. The number of hydrogen-bond acceptors (Lipinski definition) is 2. The molecule has 1 aromatic carbocycles. The van der Waals surface area contributed by atoms with Gasteiger partial charge < -0.3 is 0 Å². The lowest BCUT2D eigenvalue weighted by molar-refractivity contribution is -0.137. The van der Waals surface area contributed by atoms with Gasteiger partial charge in [-0.1, -0.05) is 6.07 Å². The Morgan fingerprint density at radius 2 is 2.06 bits per heavy atom. The Hall–Kier alpha value is -1.81. The van der Waals surface area contributed by atoms with Gasteiger partial charge in [0.15, 0.2) is 5.69 Å². The number of nitriles is 1. The molecule has 0 aliphatic heterocycles. The van der Waals surface area contributed by atoms with E-state index in [-0.39, 0.29) is 11.4 Å². The summed E-state index contributed by atoms with van der Waals surface area (Å²) in [6, 6.07) is 6.55. The van der Waals surface area contributed by atoms with Gasteiger partial charge >= 0.3 is 6.18 Å². The molecule has 0 radical (unpaired) electrons. The van der Waals surface area contributed by atoms with Gasteiger partial charge in [-0.25, -0.2) is 4.68 Å². The molecule has 0 fully saturated rings. The molecular weight excluding hydrogens is 311 g/mol. The molecule has 1 aromatic heterocycles. The molecule has 2 rings (SSSR count). The molecule has 0 saturated heterocycles. The number of aromatic nitrogens is 2. The topological polar surface area (TPSA) is 41.6 Å². The lowest BCUT2D eigenvalue weighted by atomic mass is 10.2. The van der Waals surface area contributed by atoms with Crippen molar-refractivity contribution in [2.45, 2.75) is 6.18 Å². The molecule has 7 heteroatoms. The van der Waals surface area contributed by atoms with Gasteiger partial charge in [0.25, 0.3) is 0 Å². The average Bonchev–Trinajstić information content (AvgIpc) is 2.70. The van der Waals surface area contributed by atoms with E-state index in [0.29, 0.717) is 4.47 Å². The van der Waals surface area contributed by atoms with Gasteiger partial charge in [-0.2, -0.15) is 23.5 Å². The van der Waals surface area contributed by atoms with Crippen molar-refractivity contribution in [1.82, 2.24) is 9.78 Å². The molecule has 0 N–H and O–H groups in total. The van der Waals surface area contributed by atoms with Gasteiger partial charge in [0.2, 0.25) is 0 Å². The van der Waals surface area contributed by atoms with Crippen LogP contribution in [-0.4, -0.2) is 9.78 Å². The zero-order valence-corrected chi connectivity index (χ0v) is 10.3. The fourth-order valence-corrected chi connectivity index (χ4v) is 1.75. The fourth-order valence-electron chi connectivity index (χ4n) is 1.39. The molecule has 0 saturated carbocycles. The van der Waals surface area contributed by atoms with E-state index in [4.69, 9.17) is 5.26 Å². The highest BCUT2D eigenvalue weighted by molar-refractivity contribution is 9.10. The summed E-state index contributed by atoms with van der Waals surface area (Å²) in [5, 5.41) is 12.6. The third kappa shape index (κ3) is 2.38. The van der Waals surface area contributed by atoms with Crippen LogP contribution in [0.4, 0.5) is 13.2 Å². The van der Waals surface area contributed by atoms with Crippen molar-refractivity contribution in [3.8, 4) is 11.8 Å². The van der Waals surface area contributed by atoms with E-state index in [1.165, 1.54) is 23.0 Å². The van der Waals surface area contributed by atoms with Crippen LogP contribution in [0.15, 0.2) is 34.9 Å². The van der Waals surface area contributed by atoms with Crippen molar-refractivity contribution >= 4 is 15.9 Å². The molecule has 18 heavy (non-hydrogen) atoms. The van der Waals surface area contributed by atoms with Crippen LogP contribution in [0.3, 0.4) is 0 Å². The standard InChI is InChI=1S/C11H5BrF3N3/c12-9-6-18(17-10(9)5-16)8-3-1-2-7(4-8)11(13,14)15/h1-4,6H. The first-order chi connectivity index (χ1) is 8.41. The van der Waals surface area contributed by atoms with Crippen LogP contribution in [0, 0.1) is 11.3 Å². The molecule has 3 nitrogen and oxygen atoms in total. The zero-order chi connectivity index (χ0) is 13.3. The van der Waals surface area contributed by atoms with Gasteiger partial charge in [-0.05, 0) is 34.1 Å². The van der Waals surface area contributed by atoms with E-state index in [9.17, 15) is 13.2 Å². The van der Waals surface area contributed by atoms with Gasteiger partial charge in [-0.15, -0.1) is 0 Å². The molecule has 92 valence electrons. The van der Waals surface area contributed by atoms with Gasteiger partial charge in [0, 0.05) is 6.20 Å². The molecule has 1 heterocycles. The first-order valence-corrected chi connectivity index (χ1v) is 5.54. The Labute approximate surface area is 109 Å². The average molecular weight is 316 g/mol. The first-order valence-electron chi connectivity index (χ1n) is 4.74. The highest BCUT2D eigenvalue weighted by Crippen LogP contribution is 2.30. The predicted octanol–water partition coefficient (Wildman–Crippen LogP) is 3.53. The number of benzene rings is 1. The van der Waals surface area contributed by atoms with E-state index in [1.807, 2.05) is 6.07 Å². The molecule has 0 spiro atoms. The molecule has 0 unspecified atom stereocenters. The van der Waals surface area contributed by atoms with Gasteiger partial charge in [0.05, 0.1) is 15.7 Å². The number of hydrogen-bond donors (Lipinski definition) is 0. The smallest absolute Gasteiger partial charge is 0.238 e. The fraction of sp³-hybridized carbons (Fsp3) is 0.0909. The summed E-state index contributed by atoms with van der Waals surface area (Å²) in [7, 11) is 0. The molecule has 0 atom stereocenters. The van der Waals surface area contributed by atoms with Crippen molar-refractivity contribution in [3.63, 3.8) is 0 Å². The third-order valence-corrected chi connectivity index (χ3v) is 2.79. The van der Waals surface area contributed by atoms with Crippen LogP contribution in [0.25, 0.3) is 5.69 Å². The maximum absolute atomic E-state index is 12.5. The minimum atomic E-state index is -4.40. The highest BCUT2D eigenvalue weighted by atomic mass is 79.9. The van der Waals surface area contributed by atoms with Gasteiger partial charge in [-0.3, -0.25) is 0 Å². The summed E-state index contributed by atoms with van der Waals surface area (Å²) >= 11 is 3.10.